The van der Waals surface area contributed by atoms with Crippen LogP contribution in [0.25, 0.3) is 40.4 Å². The van der Waals surface area contributed by atoms with Crippen LogP contribution in [0, 0.1) is 0 Å². The number of carboxylic acid groups (broad SMARTS) is 1. The smallest absolute Gasteiger partial charge is 0.335 e. The predicted octanol–water partition coefficient (Wildman–Crippen LogP) is 7.31. The summed E-state index contributed by atoms with van der Waals surface area (Å²) in [7, 11) is 0. The Labute approximate surface area is 221 Å². The molecule has 0 aliphatic carbocycles. The molecule has 0 amide bonds. The van der Waals surface area contributed by atoms with Crippen molar-refractivity contribution < 1.29 is 20.1 Å². The van der Waals surface area contributed by atoms with Crippen LogP contribution in [0.3, 0.4) is 0 Å². The molecule has 5 rings (SSSR count). The number of hydrogen-bond acceptors (Lipinski definition) is 6. The maximum absolute atomic E-state index is 11.2. The van der Waals surface area contributed by atoms with E-state index < -0.39 is 5.97 Å². The van der Waals surface area contributed by atoms with E-state index in [-0.39, 0.29) is 18.8 Å². The van der Waals surface area contributed by atoms with Crippen molar-refractivity contribution in [3.05, 3.63) is 95.6 Å². The second-order valence-electron chi connectivity index (χ2n) is 8.29. The van der Waals surface area contributed by atoms with Gasteiger partial charge >= 0.3 is 5.97 Å². The summed E-state index contributed by atoms with van der Waals surface area (Å²) < 4.78 is 0. The quantitative estimate of drug-likeness (QED) is 0.186. The highest BCUT2D eigenvalue weighted by molar-refractivity contribution is 7.28. The third-order valence-electron chi connectivity index (χ3n) is 5.91. The summed E-state index contributed by atoms with van der Waals surface area (Å²) >= 11 is 5.13. The molecule has 5 aromatic rings. The molecule has 0 atom stereocenters. The van der Waals surface area contributed by atoms with Crippen LogP contribution in [0.2, 0.25) is 0 Å². The molecule has 3 N–H and O–H groups in total. The van der Waals surface area contributed by atoms with Crippen molar-refractivity contribution in [2.45, 2.75) is 12.8 Å². The monoisotopic (exact) mass is 532 g/mol. The molecule has 4 nitrogen and oxygen atoms in total. The van der Waals surface area contributed by atoms with E-state index in [9.17, 15) is 20.1 Å². The molecule has 182 valence electrons. The fraction of sp³-hybridized carbons (Fsp3) is 0.138. The SMILES string of the molecule is O=C(O)c1ccc(-c2cc(CCO)c(-c3ccc(-c4sc(-c5ccccc5)cc4CCO)s3)s2)cc1. The zero-order valence-corrected chi connectivity index (χ0v) is 21.8. The number of aromatic carboxylic acids is 1. The van der Waals surface area contributed by atoms with Crippen LogP contribution in [0.4, 0.5) is 0 Å². The molecule has 0 aliphatic rings. The molecule has 0 saturated carbocycles. The van der Waals surface area contributed by atoms with Crippen LogP contribution in [0.15, 0.2) is 78.9 Å². The molecule has 0 bridgehead atoms. The maximum Gasteiger partial charge on any atom is 0.335 e. The Hall–Kier alpha value is -3.07. The lowest BCUT2D eigenvalue weighted by Crippen LogP contribution is -1.94. The van der Waals surface area contributed by atoms with Gasteiger partial charge in [-0.05, 0) is 71.5 Å². The molecule has 0 saturated heterocycles. The number of aliphatic hydroxyl groups excluding tert-OH is 2. The summed E-state index contributed by atoms with van der Waals surface area (Å²) in [6.07, 6.45) is 1.16. The fourth-order valence-electron chi connectivity index (χ4n) is 4.13. The van der Waals surface area contributed by atoms with E-state index in [2.05, 4.69) is 36.4 Å². The highest BCUT2D eigenvalue weighted by atomic mass is 32.1. The van der Waals surface area contributed by atoms with Gasteiger partial charge in [0.25, 0.3) is 0 Å². The molecular formula is C29H24O4S3. The molecule has 0 unspecified atom stereocenters. The van der Waals surface area contributed by atoms with Gasteiger partial charge in [0.05, 0.1) is 5.56 Å². The average Bonchev–Trinajstić information content (AvgIpc) is 3.63. The lowest BCUT2D eigenvalue weighted by molar-refractivity contribution is 0.0697. The first kappa shape index (κ1) is 24.6. The number of carbonyl (C=O) groups is 1. The molecular weight excluding hydrogens is 509 g/mol. The van der Waals surface area contributed by atoms with E-state index in [0.717, 1.165) is 36.2 Å². The Bertz CT molecular complexity index is 1480. The van der Waals surface area contributed by atoms with Gasteiger partial charge in [-0.15, -0.1) is 34.0 Å². The molecule has 7 heteroatoms. The first-order valence-electron chi connectivity index (χ1n) is 11.5. The number of rotatable bonds is 9. The normalized spacial score (nSPS) is 11.2. The van der Waals surface area contributed by atoms with E-state index in [4.69, 9.17) is 0 Å². The summed E-state index contributed by atoms with van der Waals surface area (Å²) in [5, 5.41) is 28.5. The van der Waals surface area contributed by atoms with E-state index in [1.807, 2.05) is 30.3 Å². The predicted molar refractivity (Wildman–Crippen MR) is 150 cm³/mol. The van der Waals surface area contributed by atoms with Gasteiger partial charge < -0.3 is 15.3 Å². The molecule has 0 fully saturated rings. The largest absolute Gasteiger partial charge is 0.478 e. The van der Waals surface area contributed by atoms with E-state index >= 15 is 0 Å². The van der Waals surface area contributed by atoms with Gasteiger partial charge in [-0.3, -0.25) is 0 Å². The van der Waals surface area contributed by atoms with E-state index in [1.54, 1.807) is 46.1 Å². The number of hydrogen-bond donors (Lipinski definition) is 3. The molecule has 2 aromatic carbocycles. The van der Waals surface area contributed by atoms with Crippen molar-refractivity contribution in [1.82, 2.24) is 0 Å². The molecule has 0 radical (unpaired) electrons. The second-order valence-corrected chi connectivity index (χ2v) is 11.5. The summed E-state index contributed by atoms with van der Waals surface area (Å²) in [4.78, 5) is 18.0. The Morgan fingerprint density at radius 1 is 0.611 bits per heavy atom. The van der Waals surface area contributed by atoms with Crippen molar-refractivity contribution >= 4 is 40.0 Å². The third kappa shape index (κ3) is 5.07. The van der Waals surface area contributed by atoms with E-state index in [0.29, 0.717) is 12.8 Å². The van der Waals surface area contributed by atoms with Gasteiger partial charge in [-0.25, -0.2) is 4.79 Å². The van der Waals surface area contributed by atoms with Crippen molar-refractivity contribution in [3.8, 4) is 40.4 Å². The number of aliphatic hydroxyl groups is 2. The third-order valence-corrected chi connectivity index (χ3v) is 9.81. The van der Waals surface area contributed by atoms with Crippen molar-refractivity contribution in [2.75, 3.05) is 13.2 Å². The van der Waals surface area contributed by atoms with Crippen molar-refractivity contribution in [3.63, 3.8) is 0 Å². The summed E-state index contributed by atoms with van der Waals surface area (Å²) in [6.45, 7) is 0.164. The first-order valence-corrected chi connectivity index (χ1v) is 14.0. The maximum atomic E-state index is 11.2. The van der Waals surface area contributed by atoms with Gasteiger partial charge in [0, 0.05) is 42.5 Å². The summed E-state index contributed by atoms with van der Waals surface area (Å²) in [5.74, 6) is -0.940. The minimum atomic E-state index is -0.940. The lowest BCUT2D eigenvalue weighted by Gasteiger charge is -2.00. The number of benzene rings is 2. The van der Waals surface area contributed by atoms with Crippen LogP contribution in [0.1, 0.15) is 21.5 Å². The second kappa shape index (κ2) is 10.9. The number of thiophene rings is 3. The van der Waals surface area contributed by atoms with Gasteiger partial charge in [0.1, 0.15) is 0 Å². The van der Waals surface area contributed by atoms with Crippen LogP contribution in [-0.2, 0) is 12.8 Å². The van der Waals surface area contributed by atoms with Crippen molar-refractivity contribution in [2.24, 2.45) is 0 Å². The lowest BCUT2D eigenvalue weighted by atomic mass is 10.1. The Morgan fingerprint density at radius 2 is 1.11 bits per heavy atom. The Kier molecular flexibility index (Phi) is 7.46. The van der Waals surface area contributed by atoms with Crippen molar-refractivity contribution in [1.29, 1.82) is 0 Å². The Balaban J connectivity index is 1.51. The molecule has 0 aliphatic heterocycles. The van der Waals surface area contributed by atoms with Crippen LogP contribution in [0.5, 0.6) is 0 Å². The summed E-state index contributed by atoms with van der Waals surface area (Å²) in [5.41, 5.74) is 4.63. The van der Waals surface area contributed by atoms with Gasteiger partial charge in [0.2, 0.25) is 0 Å². The zero-order chi connectivity index (χ0) is 25.1. The average molecular weight is 533 g/mol. The van der Waals surface area contributed by atoms with Gasteiger partial charge in [-0.1, -0.05) is 42.5 Å². The van der Waals surface area contributed by atoms with Gasteiger partial charge in [-0.2, -0.15) is 0 Å². The topological polar surface area (TPSA) is 77.8 Å². The van der Waals surface area contributed by atoms with Crippen LogP contribution >= 0.6 is 34.0 Å². The summed E-state index contributed by atoms with van der Waals surface area (Å²) in [6, 6.07) is 25.8. The number of carboxylic acids is 1. The minimum Gasteiger partial charge on any atom is -0.478 e. The highest BCUT2D eigenvalue weighted by Gasteiger charge is 2.18. The van der Waals surface area contributed by atoms with E-state index in [1.165, 1.54) is 15.3 Å². The molecule has 3 heterocycles. The molecule has 3 aromatic heterocycles. The fourth-order valence-corrected chi connectivity index (χ4v) is 7.86. The molecule has 0 spiro atoms. The highest BCUT2D eigenvalue weighted by Crippen LogP contribution is 2.46. The zero-order valence-electron chi connectivity index (χ0n) is 19.3. The minimum absolute atomic E-state index is 0.0609. The van der Waals surface area contributed by atoms with Crippen LogP contribution < -0.4 is 0 Å². The standard InChI is InChI=1S/C29H24O4S3/c30-14-12-21-16-25(18-4-2-1-3-5-18)35-27(21)23-10-11-24(34-23)28-22(13-15-31)17-26(36-28)19-6-8-20(9-7-19)29(32)33/h1-11,16-17,30-31H,12-15H2,(H,32,33). The van der Waals surface area contributed by atoms with Crippen LogP contribution in [-0.4, -0.2) is 34.5 Å². The Morgan fingerprint density at radius 3 is 1.58 bits per heavy atom. The van der Waals surface area contributed by atoms with Gasteiger partial charge in [0.15, 0.2) is 0 Å². The molecule has 36 heavy (non-hydrogen) atoms. The first-order chi connectivity index (χ1) is 17.6.